The van der Waals surface area contributed by atoms with E-state index in [-0.39, 0.29) is 11.6 Å². The lowest BCUT2D eigenvalue weighted by Gasteiger charge is -2.03. The number of carbonyl (C=O) groups is 1. The van der Waals surface area contributed by atoms with Crippen molar-refractivity contribution >= 4 is 5.97 Å². The van der Waals surface area contributed by atoms with Crippen molar-refractivity contribution in [2.24, 2.45) is 0 Å². The summed E-state index contributed by atoms with van der Waals surface area (Å²) in [5.74, 6) is -3.82. The van der Waals surface area contributed by atoms with Crippen LogP contribution in [0.5, 0.6) is 11.6 Å². The number of aromatic amines is 1. The van der Waals surface area contributed by atoms with E-state index in [2.05, 4.69) is 15.4 Å². The third kappa shape index (κ3) is 2.19. The van der Waals surface area contributed by atoms with Crippen LogP contribution >= 0.6 is 0 Å². The van der Waals surface area contributed by atoms with Crippen LogP contribution in [0.15, 0.2) is 18.2 Å². The van der Waals surface area contributed by atoms with E-state index in [0.717, 1.165) is 18.2 Å². The van der Waals surface area contributed by atoms with Crippen LogP contribution in [-0.2, 0) is 0 Å². The number of nitrogens with zero attached hydrogens (tertiary/aromatic N) is 2. The van der Waals surface area contributed by atoms with Gasteiger partial charge >= 0.3 is 5.97 Å². The summed E-state index contributed by atoms with van der Waals surface area (Å²) in [6.07, 6.45) is 0. The van der Waals surface area contributed by atoms with Crippen LogP contribution in [-0.4, -0.2) is 26.5 Å². The maximum absolute atomic E-state index is 12.9. The smallest absolute Gasteiger partial charge is 0.362 e. The molecule has 0 bridgehead atoms. The summed E-state index contributed by atoms with van der Waals surface area (Å²) in [6, 6.07) is 2.78. The minimum atomic E-state index is -1.35. The van der Waals surface area contributed by atoms with E-state index in [1.54, 1.807) is 0 Å². The first-order valence-corrected chi connectivity index (χ1v) is 4.35. The second kappa shape index (κ2) is 4.16. The Balaban J connectivity index is 2.28. The molecule has 1 aromatic heterocycles. The van der Waals surface area contributed by atoms with Gasteiger partial charge in [-0.1, -0.05) is 5.21 Å². The topological polar surface area (TPSA) is 88.1 Å². The number of rotatable bonds is 3. The quantitative estimate of drug-likeness (QED) is 0.851. The van der Waals surface area contributed by atoms with Gasteiger partial charge in [0.15, 0.2) is 11.6 Å². The van der Waals surface area contributed by atoms with Crippen molar-refractivity contribution in [1.29, 1.82) is 0 Å². The van der Waals surface area contributed by atoms with E-state index in [0.29, 0.717) is 0 Å². The number of hydrogen-bond acceptors (Lipinski definition) is 4. The van der Waals surface area contributed by atoms with Crippen LogP contribution in [0.4, 0.5) is 8.78 Å². The van der Waals surface area contributed by atoms with E-state index in [1.807, 2.05) is 0 Å². The van der Waals surface area contributed by atoms with Crippen LogP contribution in [0.1, 0.15) is 10.5 Å². The van der Waals surface area contributed by atoms with Gasteiger partial charge in [0, 0.05) is 6.07 Å². The Morgan fingerprint density at radius 1 is 1.35 bits per heavy atom. The molecule has 0 saturated carbocycles. The normalized spacial score (nSPS) is 10.2. The van der Waals surface area contributed by atoms with Gasteiger partial charge in [-0.25, -0.2) is 18.7 Å². The number of aromatic carboxylic acids is 1. The third-order valence-electron chi connectivity index (χ3n) is 1.83. The van der Waals surface area contributed by atoms with Crippen LogP contribution in [0.2, 0.25) is 0 Å². The molecule has 0 aliphatic heterocycles. The van der Waals surface area contributed by atoms with Crippen LogP contribution in [0.25, 0.3) is 0 Å². The zero-order valence-corrected chi connectivity index (χ0v) is 8.15. The molecular weight excluding hydrogens is 236 g/mol. The number of aromatic nitrogens is 3. The summed E-state index contributed by atoms with van der Waals surface area (Å²) in [6.45, 7) is 0. The Morgan fingerprint density at radius 2 is 2.12 bits per heavy atom. The Morgan fingerprint density at radius 3 is 2.76 bits per heavy atom. The molecule has 0 saturated heterocycles. The van der Waals surface area contributed by atoms with E-state index in [9.17, 15) is 13.6 Å². The summed E-state index contributed by atoms with van der Waals surface area (Å²) in [5.41, 5.74) is -0.449. The van der Waals surface area contributed by atoms with Gasteiger partial charge in [0.2, 0.25) is 5.69 Å². The molecule has 0 aliphatic carbocycles. The highest BCUT2D eigenvalue weighted by Crippen LogP contribution is 2.23. The largest absolute Gasteiger partial charge is 0.476 e. The van der Waals surface area contributed by atoms with Gasteiger partial charge in [-0.2, -0.15) is 0 Å². The molecular formula is C9H5F2N3O3. The zero-order valence-electron chi connectivity index (χ0n) is 8.15. The first-order valence-electron chi connectivity index (χ1n) is 4.35. The number of halogens is 2. The number of nitrogens with one attached hydrogen (secondary N) is 1. The lowest BCUT2D eigenvalue weighted by atomic mass is 10.3. The van der Waals surface area contributed by atoms with Crippen molar-refractivity contribution in [3.8, 4) is 11.6 Å². The predicted molar refractivity (Wildman–Crippen MR) is 49.8 cm³/mol. The van der Waals surface area contributed by atoms with Crippen molar-refractivity contribution in [2.75, 3.05) is 0 Å². The molecule has 0 spiro atoms. The molecule has 6 nitrogen and oxygen atoms in total. The minimum absolute atomic E-state index is 0.0718. The van der Waals surface area contributed by atoms with Gasteiger partial charge in [-0.3, -0.25) is 0 Å². The fraction of sp³-hybridized carbons (Fsp3) is 0. The average molecular weight is 241 g/mol. The standard InChI is InChI=1S/C9H5F2N3O3/c10-5-2-1-4(3-6(5)11)17-8-7(9(15)16)12-14-13-8/h1-3H,(H,15,16)(H,12,13,14). The molecule has 0 aliphatic rings. The molecule has 1 heterocycles. The molecule has 2 aromatic rings. The van der Waals surface area contributed by atoms with Crippen LogP contribution < -0.4 is 4.74 Å². The second-order valence-electron chi connectivity index (χ2n) is 2.97. The average Bonchev–Trinajstić information content (AvgIpc) is 2.72. The molecule has 0 amide bonds. The molecule has 88 valence electrons. The molecule has 0 atom stereocenters. The molecule has 17 heavy (non-hydrogen) atoms. The van der Waals surface area contributed by atoms with Gasteiger partial charge in [0.25, 0.3) is 5.88 Å². The maximum Gasteiger partial charge on any atom is 0.362 e. The number of hydrogen-bond donors (Lipinski definition) is 2. The summed E-state index contributed by atoms with van der Waals surface area (Å²) < 4.78 is 30.5. The summed E-state index contributed by atoms with van der Waals surface area (Å²) >= 11 is 0. The van der Waals surface area contributed by atoms with Crippen molar-refractivity contribution in [2.45, 2.75) is 0 Å². The van der Waals surface area contributed by atoms with Gasteiger partial charge in [0.1, 0.15) is 5.75 Å². The van der Waals surface area contributed by atoms with Crippen molar-refractivity contribution in [3.63, 3.8) is 0 Å². The number of benzene rings is 1. The third-order valence-corrected chi connectivity index (χ3v) is 1.83. The molecule has 0 radical (unpaired) electrons. The highest BCUT2D eigenvalue weighted by atomic mass is 19.2. The molecule has 1 aromatic carbocycles. The highest BCUT2D eigenvalue weighted by Gasteiger charge is 2.17. The summed E-state index contributed by atoms with van der Waals surface area (Å²) in [4.78, 5) is 10.7. The fourth-order valence-corrected chi connectivity index (χ4v) is 1.09. The Labute approximate surface area is 92.8 Å². The lowest BCUT2D eigenvalue weighted by molar-refractivity contribution is 0.0687. The van der Waals surface area contributed by atoms with Gasteiger partial charge in [-0.15, -0.1) is 5.10 Å². The molecule has 0 fully saturated rings. The highest BCUT2D eigenvalue weighted by molar-refractivity contribution is 5.87. The van der Waals surface area contributed by atoms with E-state index in [4.69, 9.17) is 9.84 Å². The molecule has 2 N–H and O–H groups in total. The molecule has 8 heteroatoms. The fourth-order valence-electron chi connectivity index (χ4n) is 1.09. The van der Waals surface area contributed by atoms with E-state index in [1.165, 1.54) is 0 Å². The van der Waals surface area contributed by atoms with Crippen LogP contribution in [0, 0.1) is 11.6 Å². The lowest BCUT2D eigenvalue weighted by Crippen LogP contribution is -2.00. The molecule has 0 unspecified atom stereocenters. The number of carboxylic acid groups (broad SMARTS) is 1. The first-order chi connectivity index (χ1) is 8.08. The van der Waals surface area contributed by atoms with Gasteiger partial charge < -0.3 is 9.84 Å². The summed E-state index contributed by atoms with van der Waals surface area (Å²) in [7, 11) is 0. The maximum atomic E-state index is 12.9. The Hall–Kier alpha value is -2.51. The van der Waals surface area contributed by atoms with Crippen molar-refractivity contribution in [3.05, 3.63) is 35.5 Å². The van der Waals surface area contributed by atoms with E-state index >= 15 is 0 Å². The first kappa shape index (κ1) is 11.0. The second-order valence-corrected chi connectivity index (χ2v) is 2.97. The Kier molecular flexibility index (Phi) is 2.69. The Bertz CT molecular complexity index is 570. The number of carboxylic acids is 1. The molecule has 2 rings (SSSR count). The monoisotopic (exact) mass is 241 g/mol. The van der Waals surface area contributed by atoms with Gasteiger partial charge in [0.05, 0.1) is 0 Å². The van der Waals surface area contributed by atoms with Crippen molar-refractivity contribution in [1.82, 2.24) is 15.4 Å². The van der Waals surface area contributed by atoms with Crippen molar-refractivity contribution < 1.29 is 23.4 Å². The zero-order chi connectivity index (χ0) is 12.4. The predicted octanol–water partition coefficient (Wildman–Crippen LogP) is 1.57. The van der Waals surface area contributed by atoms with Crippen LogP contribution in [0.3, 0.4) is 0 Å². The van der Waals surface area contributed by atoms with E-state index < -0.39 is 23.3 Å². The number of H-pyrrole nitrogens is 1. The minimum Gasteiger partial charge on any atom is -0.476 e. The number of ether oxygens (including phenoxy) is 1. The summed E-state index contributed by atoms with van der Waals surface area (Å²) in [5, 5.41) is 17.4. The SMILES string of the molecule is O=C(O)c1nn[nH]c1Oc1ccc(F)c(F)c1. The van der Waals surface area contributed by atoms with Gasteiger partial charge in [-0.05, 0) is 12.1 Å².